The standard InChI is InChI=1S/Ir.2O.Ru.Ti. The van der Waals surface area contributed by atoms with Gasteiger partial charge in [0.05, 0.1) is 0 Å². The van der Waals surface area contributed by atoms with E-state index in [0.29, 0.717) is 0 Å². The molecule has 0 aliphatic heterocycles. The topological polar surface area (TPSA) is 34.1 Å². The Morgan fingerprint density at radius 1 is 1.20 bits per heavy atom. The molecule has 0 rings (SSSR count). The monoisotopic (exact) mass is 375 g/mol. The number of hydrogen-bond acceptors (Lipinski definition) is 2. The van der Waals surface area contributed by atoms with Crippen LogP contribution in [0.1, 0.15) is 0 Å². The van der Waals surface area contributed by atoms with Crippen molar-refractivity contribution < 1.29 is 65.3 Å². The van der Waals surface area contributed by atoms with Crippen molar-refractivity contribution in [3.8, 4) is 0 Å². The quantitative estimate of drug-likeness (QED) is 0.550. The van der Waals surface area contributed by atoms with E-state index in [1.54, 1.807) is 0 Å². The predicted molar refractivity (Wildman–Crippen MR) is 1.37 cm³/mol. The van der Waals surface area contributed by atoms with Crippen molar-refractivity contribution >= 4 is 0 Å². The summed E-state index contributed by atoms with van der Waals surface area (Å²) in [5, 5.41) is 0. The van der Waals surface area contributed by atoms with Crippen LogP contribution in [-0.4, -0.2) is 0 Å². The van der Waals surface area contributed by atoms with Gasteiger partial charge >= 0.3 is 25.7 Å². The van der Waals surface area contributed by atoms with E-state index in [9.17, 15) is 0 Å². The van der Waals surface area contributed by atoms with Gasteiger partial charge in [-0.05, 0) is 0 Å². The van der Waals surface area contributed by atoms with Crippen LogP contribution in [0.4, 0.5) is 0 Å². The van der Waals surface area contributed by atoms with Crippen LogP contribution in [0.15, 0.2) is 0 Å². The van der Waals surface area contributed by atoms with Crippen LogP contribution in [0.3, 0.4) is 0 Å². The van der Waals surface area contributed by atoms with Gasteiger partial charge < -0.3 is 0 Å². The normalized spacial score (nSPS) is 1.60. The average Bonchev–Trinajstić information content (AvgIpc) is 0.918. The maximum Gasteiger partial charge on any atom is 0 e. The van der Waals surface area contributed by atoms with E-state index in [4.69, 9.17) is 6.65 Å². The average molecular weight is 373 g/mol. The van der Waals surface area contributed by atoms with Crippen molar-refractivity contribution in [3.05, 3.63) is 0 Å². The van der Waals surface area contributed by atoms with Crippen molar-refractivity contribution in [2.75, 3.05) is 0 Å². The Labute approximate surface area is 64.8 Å². The molecule has 5 heavy (non-hydrogen) atoms. The molecule has 1 radical (unpaired) electrons. The minimum Gasteiger partial charge on any atom is 0 e. The summed E-state index contributed by atoms with van der Waals surface area (Å²) < 4.78 is 17.0. The van der Waals surface area contributed by atoms with E-state index in [0.717, 1.165) is 0 Å². The van der Waals surface area contributed by atoms with E-state index >= 15 is 0 Å². The molecule has 0 aromatic carbocycles. The molecule has 0 saturated heterocycles. The van der Waals surface area contributed by atoms with Gasteiger partial charge in [-0.3, -0.25) is 0 Å². The zero-order valence-corrected chi connectivity index (χ0v) is 7.70. The molecule has 5 heteroatoms. The van der Waals surface area contributed by atoms with Gasteiger partial charge in [-0.15, -0.1) is 0 Å². The van der Waals surface area contributed by atoms with E-state index in [2.05, 4.69) is 0 Å². The van der Waals surface area contributed by atoms with Gasteiger partial charge in [0.1, 0.15) is 0 Å². The molecule has 33 valence electrons. The Hall–Kier alpha value is 1.59. The second-order valence-corrected chi connectivity index (χ2v) is 0.344. The summed E-state index contributed by atoms with van der Waals surface area (Å²) >= 11 is -2.00. The van der Waals surface area contributed by atoms with Gasteiger partial charge in [-0.25, -0.2) is 0 Å². The van der Waals surface area contributed by atoms with Crippen LogP contribution < -0.4 is 0 Å². The van der Waals surface area contributed by atoms with Crippen LogP contribution in [0, 0.1) is 0 Å². The molecule has 0 saturated carbocycles. The molecule has 0 aromatic rings. The van der Waals surface area contributed by atoms with Crippen LogP contribution in [0.5, 0.6) is 0 Å². The molecule has 0 N–H and O–H groups in total. The molecule has 0 aliphatic carbocycles. The van der Waals surface area contributed by atoms with Gasteiger partial charge in [0.25, 0.3) is 0 Å². The first-order valence-corrected chi connectivity index (χ1v) is 1.68. The summed E-state index contributed by atoms with van der Waals surface area (Å²) in [5.74, 6) is 0. The fourth-order valence-electron chi connectivity index (χ4n) is 0. The van der Waals surface area contributed by atoms with E-state index in [1.165, 1.54) is 0 Å². The Morgan fingerprint density at radius 3 is 1.20 bits per heavy atom. The third-order valence-electron chi connectivity index (χ3n) is 0. The first-order chi connectivity index (χ1) is 1.41. The van der Waals surface area contributed by atoms with Gasteiger partial charge in [0, 0.05) is 39.6 Å². The molecule has 0 fully saturated rings. The van der Waals surface area contributed by atoms with Gasteiger partial charge in [-0.2, -0.15) is 0 Å². The SMILES string of the molecule is [Ir].[O]=[Ti]=[O].[Ru]. The number of hydrogen-bond donors (Lipinski definition) is 0. The smallest absolute Gasteiger partial charge is 0 e. The third kappa shape index (κ3) is 28.5. The van der Waals surface area contributed by atoms with E-state index in [1.807, 2.05) is 0 Å². The van der Waals surface area contributed by atoms with Crippen molar-refractivity contribution in [1.29, 1.82) is 0 Å². The Balaban J connectivity index is -0.0000000200. The third-order valence-corrected chi connectivity index (χ3v) is 0. The van der Waals surface area contributed by atoms with Crippen molar-refractivity contribution in [1.82, 2.24) is 0 Å². The predicted octanol–water partition coefficient (Wildman–Crippen LogP) is -0.245. The Kier molecular flexibility index (Phi) is 56.1. The van der Waals surface area contributed by atoms with E-state index < -0.39 is 19.1 Å². The minimum absolute atomic E-state index is 0. The molecular formula is IrO2RuTi. The molecule has 2 nitrogen and oxygen atoms in total. The molecule has 0 bridgehead atoms. The molecule has 0 aliphatic rings. The zero-order valence-electron chi connectivity index (χ0n) is 2.00. The van der Waals surface area contributed by atoms with Gasteiger partial charge in [-0.1, -0.05) is 0 Å². The second-order valence-electron chi connectivity index (χ2n) is 0.0833. The van der Waals surface area contributed by atoms with Crippen LogP contribution >= 0.6 is 0 Å². The first-order valence-electron chi connectivity index (χ1n) is 0.408. The largest absolute Gasteiger partial charge is 0 e. The molecular weight excluding hydrogens is 373 g/mol. The van der Waals surface area contributed by atoms with Crippen LogP contribution in [-0.2, 0) is 65.3 Å². The molecule has 0 spiro atoms. The maximum atomic E-state index is 8.50. The van der Waals surface area contributed by atoms with E-state index in [-0.39, 0.29) is 39.6 Å². The molecule has 0 aromatic heterocycles. The molecule has 0 unspecified atom stereocenters. The summed E-state index contributed by atoms with van der Waals surface area (Å²) in [6.45, 7) is 0. The number of rotatable bonds is 0. The van der Waals surface area contributed by atoms with Gasteiger partial charge in [0.15, 0.2) is 0 Å². The van der Waals surface area contributed by atoms with Crippen molar-refractivity contribution in [2.24, 2.45) is 0 Å². The zero-order chi connectivity index (χ0) is 2.71. The van der Waals surface area contributed by atoms with Crippen molar-refractivity contribution in [3.63, 3.8) is 0 Å². The summed E-state index contributed by atoms with van der Waals surface area (Å²) in [4.78, 5) is 0. The molecule has 0 heterocycles. The summed E-state index contributed by atoms with van der Waals surface area (Å²) in [6, 6.07) is 0. The van der Waals surface area contributed by atoms with Gasteiger partial charge in [0.2, 0.25) is 0 Å². The fraction of sp³-hybridized carbons (Fsp3) is 0. The van der Waals surface area contributed by atoms with Crippen LogP contribution in [0.2, 0.25) is 0 Å². The fourth-order valence-corrected chi connectivity index (χ4v) is 0. The first kappa shape index (κ1) is 16.0. The minimum atomic E-state index is -2.00. The van der Waals surface area contributed by atoms with Crippen LogP contribution in [0.25, 0.3) is 0 Å². The summed E-state index contributed by atoms with van der Waals surface area (Å²) in [6.07, 6.45) is 0. The summed E-state index contributed by atoms with van der Waals surface area (Å²) in [7, 11) is 0. The molecule has 0 amide bonds. The second kappa shape index (κ2) is 17.6. The Morgan fingerprint density at radius 2 is 1.20 bits per heavy atom. The molecule has 0 atom stereocenters. The maximum absolute atomic E-state index is 8.50. The summed E-state index contributed by atoms with van der Waals surface area (Å²) in [5.41, 5.74) is 0. The Bertz CT molecular complexity index is 30.6. The van der Waals surface area contributed by atoms with Crippen molar-refractivity contribution in [2.45, 2.75) is 0 Å².